The summed E-state index contributed by atoms with van der Waals surface area (Å²) < 4.78 is 10.8. The molecule has 0 bridgehead atoms. The van der Waals surface area contributed by atoms with E-state index in [1.807, 2.05) is 43.3 Å². The van der Waals surface area contributed by atoms with Crippen molar-refractivity contribution in [2.24, 2.45) is 0 Å². The fraction of sp³-hybridized carbons (Fsp3) is 0.167. The van der Waals surface area contributed by atoms with Gasteiger partial charge in [-0.2, -0.15) is 0 Å². The van der Waals surface area contributed by atoms with E-state index in [0.29, 0.717) is 17.1 Å². The minimum atomic E-state index is -0.348. The highest BCUT2D eigenvalue weighted by Crippen LogP contribution is 2.27. The molecule has 0 aliphatic carbocycles. The Kier molecular flexibility index (Phi) is 3.48. The first-order chi connectivity index (χ1) is 10.2. The van der Waals surface area contributed by atoms with Crippen LogP contribution in [0.4, 0.5) is 0 Å². The van der Waals surface area contributed by atoms with Crippen LogP contribution in [0.5, 0.6) is 0 Å². The first-order valence-corrected chi connectivity index (χ1v) is 6.97. The molecule has 1 aromatic heterocycles. The number of esters is 1. The van der Waals surface area contributed by atoms with Crippen LogP contribution in [0, 0.1) is 6.92 Å². The number of carbonyl (C=O) groups excluding carboxylic acids is 1. The number of carbonyl (C=O) groups is 1. The predicted octanol–water partition coefficient (Wildman–Crippen LogP) is 4.13. The van der Waals surface area contributed by atoms with E-state index in [9.17, 15) is 4.79 Å². The first kappa shape index (κ1) is 13.4. The molecule has 0 radical (unpaired) electrons. The molecule has 2 aromatic rings. The second-order valence-electron chi connectivity index (χ2n) is 5.00. The van der Waals surface area contributed by atoms with Crippen LogP contribution in [-0.4, -0.2) is 5.97 Å². The largest absolute Gasteiger partial charge is 0.462 e. The zero-order valence-corrected chi connectivity index (χ0v) is 12.1. The van der Waals surface area contributed by atoms with Crippen LogP contribution in [0.3, 0.4) is 0 Å². The van der Waals surface area contributed by atoms with Gasteiger partial charge in [0.2, 0.25) is 0 Å². The molecule has 0 saturated heterocycles. The maximum Gasteiger partial charge on any atom is 0.343 e. The van der Waals surface area contributed by atoms with Gasteiger partial charge in [-0.15, -0.1) is 0 Å². The van der Waals surface area contributed by atoms with Gasteiger partial charge in [0.15, 0.2) is 0 Å². The van der Waals surface area contributed by atoms with E-state index in [4.69, 9.17) is 9.15 Å². The van der Waals surface area contributed by atoms with Crippen molar-refractivity contribution in [1.29, 1.82) is 0 Å². The van der Waals surface area contributed by atoms with Gasteiger partial charge >= 0.3 is 5.97 Å². The zero-order valence-electron chi connectivity index (χ0n) is 12.1. The normalized spacial score (nSPS) is 16.2. The third-order valence-electron chi connectivity index (χ3n) is 3.43. The molecule has 1 aliphatic rings. The van der Waals surface area contributed by atoms with Crippen molar-refractivity contribution in [3.05, 3.63) is 70.7 Å². The van der Waals surface area contributed by atoms with E-state index in [1.54, 1.807) is 12.2 Å². The third-order valence-corrected chi connectivity index (χ3v) is 3.43. The maximum absolute atomic E-state index is 11.9. The molecule has 106 valence electrons. The molecule has 3 nitrogen and oxygen atoms in total. The van der Waals surface area contributed by atoms with Crippen LogP contribution in [0.1, 0.15) is 29.6 Å². The van der Waals surface area contributed by atoms with Gasteiger partial charge in [-0.3, -0.25) is 0 Å². The van der Waals surface area contributed by atoms with Crippen LogP contribution in [0.25, 0.3) is 11.8 Å². The average molecular weight is 280 g/mol. The SMILES string of the molecule is CCc1ccc(C2=CC(=Cc3ccc(C)o3)C(=O)O2)cc1. The van der Waals surface area contributed by atoms with Crippen LogP contribution in [0.15, 0.2) is 52.5 Å². The summed E-state index contributed by atoms with van der Waals surface area (Å²) in [6.45, 7) is 3.97. The number of hydrogen-bond acceptors (Lipinski definition) is 3. The summed E-state index contributed by atoms with van der Waals surface area (Å²) in [4.78, 5) is 11.9. The van der Waals surface area contributed by atoms with Crippen molar-refractivity contribution in [2.45, 2.75) is 20.3 Å². The number of hydrogen-bond donors (Lipinski definition) is 0. The summed E-state index contributed by atoms with van der Waals surface area (Å²) >= 11 is 0. The Morgan fingerprint density at radius 3 is 2.48 bits per heavy atom. The Morgan fingerprint density at radius 2 is 1.86 bits per heavy atom. The summed E-state index contributed by atoms with van der Waals surface area (Å²) in [5.41, 5.74) is 2.66. The average Bonchev–Trinajstić information content (AvgIpc) is 3.06. The lowest BCUT2D eigenvalue weighted by Gasteiger charge is -2.02. The van der Waals surface area contributed by atoms with Gasteiger partial charge in [0.05, 0.1) is 5.57 Å². The number of benzene rings is 1. The Balaban J connectivity index is 1.89. The molecular formula is C18H16O3. The molecule has 2 heterocycles. The highest BCUT2D eigenvalue weighted by Gasteiger charge is 2.22. The van der Waals surface area contributed by atoms with Gasteiger partial charge in [0.25, 0.3) is 0 Å². The van der Waals surface area contributed by atoms with Crippen molar-refractivity contribution >= 4 is 17.8 Å². The Hall–Kier alpha value is -2.55. The van der Waals surface area contributed by atoms with Gasteiger partial charge in [0.1, 0.15) is 17.3 Å². The topological polar surface area (TPSA) is 39.4 Å². The molecule has 0 unspecified atom stereocenters. The first-order valence-electron chi connectivity index (χ1n) is 6.97. The fourth-order valence-electron chi connectivity index (χ4n) is 2.22. The van der Waals surface area contributed by atoms with E-state index in [0.717, 1.165) is 17.7 Å². The van der Waals surface area contributed by atoms with Gasteiger partial charge in [0, 0.05) is 5.56 Å². The van der Waals surface area contributed by atoms with E-state index in [-0.39, 0.29) is 5.97 Å². The van der Waals surface area contributed by atoms with Crippen LogP contribution >= 0.6 is 0 Å². The molecule has 0 N–H and O–H groups in total. The third kappa shape index (κ3) is 2.82. The lowest BCUT2D eigenvalue weighted by atomic mass is 10.1. The number of furan rings is 1. The van der Waals surface area contributed by atoms with Gasteiger partial charge < -0.3 is 9.15 Å². The predicted molar refractivity (Wildman–Crippen MR) is 81.3 cm³/mol. The van der Waals surface area contributed by atoms with Crippen LogP contribution in [0.2, 0.25) is 0 Å². The van der Waals surface area contributed by atoms with Crippen LogP contribution < -0.4 is 0 Å². The molecular weight excluding hydrogens is 264 g/mol. The Bertz CT molecular complexity index is 730. The Morgan fingerprint density at radius 1 is 1.10 bits per heavy atom. The molecule has 0 spiro atoms. The molecule has 0 saturated carbocycles. The van der Waals surface area contributed by atoms with Crippen molar-refractivity contribution in [2.75, 3.05) is 0 Å². The molecule has 3 heteroatoms. The summed E-state index contributed by atoms with van der Waals surface area (Å²) in [5, 5.41) is 0. The maximum atomic E-state index is 11.9. The van der Waals surface area contributed by atoms with Crippen molar-refractivity contribution in [1.82, 2.24) is 0 Å². The monoisotopic (exact) mass is 280 g/mol. The van der Waals surface area contributed by atoms with E-state index in [1.165, 1.54) is 5.56 Å². The quantitative estimate of drug-likeness (QED) is 0.627. The Labute approximate surface area is 123 Å². The lowest BCUT2D eigenvalue weighted by molar-refractivity contribution is -0.130. The summed E-state index contributed by atoms with van der Waals surface area (Å²) in [6, 6.07) is 11.7. The van der Waals surface area contributed by atoms with Gasteiger partial charge in [-0.05, 0) is 43.2 Å². The van der Waals surface area contributed by atoms with Crippen molar-refractivity contribution < 1.29 is 13.9 Å². The van der Waals surface area contributed by atoms with E-state index in [2.05, 4.69) is 6.92 Å². The minimum Gasteiger partial charge on any atom is -0.462 e. The molecule has 3 rings (SSSR count). The second-order valence-corrected chi connectivity index (χ2v) is 5.00. The summed E-state index contributed by atoms with van der Waals surface area (Å²) in [5.74, 6) is 1.70. The lowest BCUT2D eigenvalue weighted by Crippen LogP contribution is -1.97. The highest BCUT2D eigenvalue weighted by atomic mass is 16.5. The van der Waals surface area contributed by atoms with E-state index < -0.39 is 0 Å². The number of rotatable bonds is 3. The molecule has 0 fully saturated rings. The summed E-state index contributed by atoms with van der Waals surface area (Å²) in [6.07, 6.45) is 4.44. The zero-order chi connectivity index (χ0) is 14.8. The standard InChI is InChI=1S/C18H16O3/c1-3-13-5-7-14(8-6-13)17-11-15(18(19)21-17)10-16-9-4-12(2)20-16/h4-11H,3H2,1-2H3. The molecule has 1 aliphatic heterocycles. The highest BCUT2D eigenvalue weighted by molar-refractivity contribution is 6.04. The fourth-order valence-corrected chi connectivity index (χ4v) is 2.22. The van der Waals surface area contributed by atoms with E-state index >= 15 is 0 Å². The van der Waals surface area contributed by atoms with Crippen LogP contribution in [-0.2, 0) is 16.0 Å². The minimum absolute atomic E-state index is 0.348. The number of cyclic esters (lactones) is 1. The van der Waals surface area contributed by atoms with Crippen molar-refractivity contribution in [3.8, 4) is 0 Å². The molecule has 0 atom stereocenters. The second kappa shape index (κ2) is 5.44. The molecule has 1 aromatic carbocycles. The number of ether oxygens (including phenoxy) is 1. The van der Waals surface area contributed by atoms with Gasteiger partial charge in [-0.1, -0.05) is 31.2 Å². The number of aryl methyl sites for hydroxylation is 2. The summed E-state index contributed by atoms with van der Waals surface area (Å²) in [7, 11) is 0. The van der Waals surface area contributed by atoms with Crippen molar-refractivity contribution in [3.63, 3.8) is 0 Å². The molecule has 21 heavy (non-hydrogen) atoms. The molecule has 0 amide bonds. The van der Waals surface area contributed by atoms with Gasteiger partial charge in [-0.25, -0.2) is 4.79 Å². The smallest absolute Gasteiger partial charge is 0.343 e.